The van der Waals surface area contributed by atoms with E-state index < -0.39 is 5.97 Å². The summed E-state index contributed by atoms with van der Waals surface area (Å²) in [5, 5.41) is 3.09. The van der Waals surface area contributed by atoms with E-state index in [1.54, 1.807) is 38.1 Å². The van der Waals surface area contributed by atoms with Crippen LogP contribution in [0.25, 0.3) is 10.9 Å². The second kappa shape index (κ2) is 6.21. The number of ether oxygens (including phenoxy) is 1. The molecule has 0 atom stereocenters. The molecule has 0 spiro atoms. The van der Waals surface area contributed by atoms with Crippen LogP contribution >= 0.6 is 0 Å². The summed E-state index contributed by atoms with van der Waals surface area (Å²) in [6, 6.07) is 8.00. The Hall–Kier alpha value is -2.63. The Balaban J connectivity index is 2.13. The van der Waals surface area contributed by atoms with Gasteiger partial charge in [-0.15, -0.1) is 0 Å². The Bertz CT molecular complexity index is 734. The first-order valence-electron chi connectivity index (χ1n) is 6.56. The Morgan fingerprint density at radius 3 is 2.71 bits per heavy atom. The molecule has 0 fully saturated rings. The Labute approximate surface area is 121 Å². The van der Waals surface area contributed by atoms with Crippen molar-refractivity contribution >= 4 is 22.8 Å². The molecular formula is C15H16N2O4. The first kappa shape index (κ1) is 14.8. The van der Waals surface area contributed by atoms with Gasteiger partial charge >= 0.3 is 5.97 Å². The fourth-order valence-corrected chi connectivity index (χ4v) is 1.88. The van der Waals surface area contributed by atoms with E-state index in [0.717, 1.165) is 0 Å². The van der Waals surface area contributed by atoms with Gasteiger partial charge in [-0.3, -0.25) is 9.59 Å². The number of benzene rings is 1. The van der Waals surface area contributed by atoms with Crippen molar-refractivity contribution in [3.05, 3.63) is 46.2 Å². The second-order valence-electron chi connectivity index (χ2n) is 4.89. The summed E-state index contributed by atoms with van der Waals surface area (Å²) in [7, 11) is 0. The Morgan fingerprint density at radius 2 is 2.00 bits per heavy atom. The van der Waals surface area contributed by atoms with Crippen LogP contribution in [0.1, 0.15) is 24.3 Å². The maximum atomic E-state index is 11.9. The molecule has 2 N–H and O–H groups in total. The van der Waals surface area contributed by atoms with E-state index >= 15 is 0 Å². The number of para-hydroxylation sites is 1. The molecule has 0 bridgehead atoms. The molecule has 0 aliphatic rings. The maximum absolute atomic E-state index is 11.9. The molecule has 6 nitrogen and oxygen atoms in total. The second-order valence-corrected chi connectivity index (χ2v) is 4.89. The quantitative estimate of drug-likeness (QED) is 0.828. The third-order valence-electron chi connectivity index (χ3n) is 2.74. The third kappa shape index (κ3) is 3.68. The molecule has 1 amide bonds. The molecule has 21 heavy (non-hydrogen) atoms. The van der Waals surface area contributed by atoms with Crippen molar-refractivity contribution in [3.63, 3.8) is 0 Å². The normalized spacial score (nSPS) is 10.6. The van der Waals surface area contributed by atoms with Crippen LogP contribution in [0.3, 0.4) is 0 Å². The van der Waals surface area contributed by atoms with E-state index in [1.807, 2.05) is 0 Å². The van der Waals surface area contributed by atoms with E-state index in [1.165, 1.54) is 6.07 Å². The summed E-state index contributed by atoms with van der Waals surface area (Å²) in [4.78, 5) is 38.0. The molecule has 1 aromatic carbocycles. The summed E-state index contributed by atoms with van der Waals surface area (Å²) in [6.45, 7) is 3.23. The molecule has 0 saturated carbocycles. The number of aromatic amines is 1. The van der Waals surface area contributed by atoms with Crippen LogP contribution in [0, 0.1) is 0 Å². The van der Waals surface area contributed by atoms with Gasteiger partial charge in [0.25, 0.3) is 5.91 Å². The van der Waals surface area contributed by atoms with Crippen LogP contribution in [-0.2, 0) is 9.53 Å². The maximum Gasteiger partial charge on any atom is 0.355 e. The summed E-state index contributed by atoms with van der Waals surface area (Å²) in [5.74, 6) is -1.13. The highest BCUT2D eigenvalue weighted by molar-refractivity contribution is 5.92. The van der Waals surface area contributed by atoms with Crippen LogP contribution < -0.4 is 10.7 Å². The molecule has 2 rings (SSSR count). The van der Waals surface area contributed by atoms with Crippen LogP contribution in [0.15, 0.2) is 35.1 Å². The molecule has 0 saturated heterocycles. The van der Waals surface area contributed by atoms with E-state index in [9.17, 15) is 14.4 Å². The molecule has 1 aromatic heterocycles. The highest BCUT2D eigenvalue weighted by Gasteiger charge is 2.13. The largest absolute Gasteiger partial charge is 0.451 e. The van der Waals surface area contributed by atoms with Crippen LogP contribution in [0.5, 0.6) is 0 Å². The molecule has 1 heterocycles. The van der Waals surface area contributed by atoms with Gasteiger partial charge in [-0.1, -0.05) is 12.1 Å². The highest BCUT2D eigenvalue weighted by Crippen LogP contribution is 2.07. The monoisotopic (exact) mass is 288 g/mol. The Morgan fingerprint density at radius 1 is 1.29 bits per heavy atom. The molecule has 0 unspecified atom stereocenters. The van der Waals surface area contributed by atoms with Gasteiger partial charge in [0.1, 0.15) is 5.69 Å². The van der Waals surface area contributed by atoms with Crippen molar-refractivity contribution in [2.75, 3.05) is 6.61 Å². The van der Waals surface area contributed by atoms with Gasteiger partial charge in [-0.05, 0) is 26.0 Å². The third-order valence-corrected chi connectivity index (χ3v) is 2.74. The van der Waals surface area contributed by atoms with Crippen LogP contribution in [0.4, 0.5) is 0 Å². The molecular weight excluding hydrogens is 272 g/mol. The molecule has 0 aliphatic carbocycles. The SMILES string of the molecule is CC(C)NC(=O)COC(=O)c1cc(=O)c2ccccc2[nH]1. The number of hydrogen-bond donors (Lipinski definition) is 2. The zero-order valence-electron chi connectivity index (χ0n) is 11.8. The molecule has 6 heteroatoms. The fraction of sp³-hybridized carbons (Fsp3) is 0.267. The molecule has 0 aliphatic heterocycles. The molecule has 110 valence electrons. The number of rotatable bonds is 4. The first-order chi connectivity index (χ1) is 9.97. The van der Waals surface area contributed by atoms with Crippen molar-refractivity contribution in [2.24, 2.45) is 0 Å². The van der Waals surface area contributed by atoms with Crippen LogP contribution in [0.2, 0.25) is 0 Å². The van der Waals surface area contributed by atoms with E-state index in [0.29, 0.717) is 10.9 Å². The average Bonchev–Trinajstić information content (AvgIpc) is 2.44. The highest BCUT2D eigenvalue weighted by atomic mass is 16.5. The molecule has 0 radical (unpaired) electrons. The summed E-state index contributed by atoms with van der Waals surface area (Å²) >= 11 is 0. The zero-order valence-corrected chi connectivity index (χ0v) is 11.8. The number of H-pyrrole nitrogens is 1. The Kier molecular flexibility index (Phi) is 4.37. The number of aromatic nitrogens is 1. The van der Waals surface area contributed by atoms with Crippen molar-refractivity contribution in [1.29, 1.82) is 0 Å². The van der Waals surface area contributed by atoms with Gasteiger partial charge in [-0.25, -0.2) is 4.79 Å². The number of esters is 1. The minimum Gasteiger partial charge on any atom is -0.451 e. The van der Waals surface area contributed by atoms with Crippen molar-refractivity contribution < 1.29 is 14.3 Å². The number of pyridine rings is 1. The lowest BCUT2D eigenvalue weighted by Gasteiger charge is -2.09. The minimum atomic E-state index is -0.739. The summed E-state index contributed by atoms with van der Waals surface area (Å²) in [6.07, 6.45) is 0. The van der Waals surface area contributed by atoms with Gasteiger partial charge in [0.05, 0.1) is 0 Å². The lowest BCUT2D eigenvalue weighted by atomic mass is 10.2. The number of amides is 1. The van der Waals surface area contributed by atoms with Gasteiger partial charge in [-0.2, -0.15) is 0 Å². The zero-order chi connectivity index (χ0) is 15.4. The number of carbonyl (C=O) groups excluding carboxylic acids is 2. The van der Waals surface area contributed by atoms with E-state index in [4.69, 9.17) is 4.74 Å². The van der Waals surface area contributed by atoms with Crippen molar-refractivity contribution in [3.8, 4) is 0 Å². The standard InChI is InChI=1S/C15H16N2O4/c1-9(2)16-14(19)8-21-15(20)12-7-13(18)10-5-3-4-6-11(10)17-12/h3-7,9H,8H2,1-2H3,(H,16,19)(H,17,18). The number of nitrogens with one attached hydrogen (secondary N) is 2. The van der Waals surface area contributed by atoms with E-state index in [-0.39, 0.29) is 29.7 Å². The summed E-state index contributed by atoms with van der Waals surface area (Å²) < 4.78 is 4.87. The van der Waals surface area contributed by atoms with E-state index in [2.05, 4.69) is 10.3 Å². The van der Waals surface area contributed by atoms with Gasteiger partial charge in [0.15, 0.2) is 12.0 Å². The average molecular weight is 288 g/mol. The lowest BCUT2D eigenvalue weighted by Crippen LogP contribution is -2.34. The fourth-order valence-electron chi connectivity index (χ4n) is 1.88. The molecule has 2 aromatic rings. The van der Waals surface area contributed by atoms with Crippen molar-refractivity contribution in [2.45, 2.75) is 19.9 Å². The van der Waals surface area contributed by atoms with Gasteiger partial charge in [0, 0.05) is 23.0 Å². The van der Waals surface area contributed by atoms with Gasteiger partial charge in [0.2, 0.25) is 0 Å². The van der Waals surface area contributed by atoms with Crippen molar-refractivity contribution in [1.82, 2.24) is 10.3 Å². The predicted octanol–water partition coefficient (Wildman–Crippen LogP) is 1.21. The lowest BCUT2D eigenvalue weighted by molar-refractivity contribution is -0.124. The van der Waals surface area contributed by atoms with Gasteiger partial charge < -0.3 is 15.0 Å². The first-order valence-corrected chi connectivity index (χ1v) is 6.56. The topological polar surface area (TPSA) is 88.3 Å². The van der Waals surface area contributed by atoms with Crippen LogP contribution in [-0.4, -0.2) is 29.5 Å². The predicted molar refractivity (Wildman–Crippen MR) is 78.1 cm³/mol. The smallest absolute Gasteiger partial charge is 0.355 e. The number of fused-ring (bicyclic) bond motifs is 1. The minimum absolute atomic E-state index is 0.0241. The summed E-state index contributed by atoms with van der Waals surface area (Å²) in [5.41, 5.74) is 0.294. The number of carbonyl (C=O) groups is 2. The number of hydrogen-bond acceptors (Lipinski definition) is 4.